The third kappa shape index (κ3) is 6.33. The second kappa shape index (κ2) is 10.4. The van der Waals surface area contributed by atoms with E-state index >= 15 is 0 Å². The maximum Gasteiger partial charge on any atom is 0.243 e. The molecule has 0 heterocycles. The Hall–Kier alpha value is -1.37. The molecule has 0 saturated carbocycles. The number of aliphatic hydroxyl groups is 1. The highest BCUT2D eigenvalue weighted by Gasteiger charge is 2.32. The summed E-state index contributed by atoms with van der Waals surface area (Å²) in [5.74, 6) is 0.206. The summed E-state index contributed by atoms with van der Waals surface area (Å²) in [6.45, 7) is 3.65. The third-order valence-corrected chi connectivity index (χ3v) is 6.60. The highest BCUT2D eigenvalue weighted by atomic mass is 35.5. The van der Waals surface area contributed by atoms with Gasteiger partial charge in [-0.3, -0.25) is 0 Å². The molecular formula is C21H25Cl2NO3S. The molecule has 0 amide bonds. The summed E-state index contributed by atoms with van der Waals surface area (Å²) in [5.41, 5.74) is 0.876. The molecular weight excluding hydrogens is 417 g/mol. The van der Waals surface area contributed by atoms with E-state index < -0.39 is 16.1 Å². The van der Waals surface area contributed by atoms with Crippen LogP contribution in [0.15, 0.2) is 64.5 Å². The van der Waals surface area contributed by atoms with E-state index in [1.165, 1.54) is 28.6 Å². The highest BCUT2D eigenvalue weighted by molar-refractivity contribution is 7.89. The van der Waals surface area contributed by atoms with Gasteiger partial charge in [-0.05, 0) is 48.2 Å². The number of halogens is 2. The zero-order valence-electron chi connectivity index (χ0n) is 15.9. The van der Waals surface area contributed by atoms with Crippen molar-refractivity contribution in [3.63, 3.8) is 0 Å². The number of nitrogens with zero attached hydrogens (tertiary/aromatic N) is 1. The number of aliphatic hydroxyl groups excluding tert-OH is 1. The van der Waals surface area contributed by atoms with Crippen LogP contribution in [0.25, 0.3) is 6.08 Å². The van der Waals surface area contributed by atoms with Crippen molar-refractivity contribution < 1.29 is 13.5 Å². The fraction of sp³-hybridized carbons (Fsp3) is 0.333. The molecule has 2 aromatic carbocycles. The van der Waals surface area contributed by atoms with Crippen LogP contribution in [-0.4, -0.2) is 37.0 Å². The van der Waals surface area contributed by atoms with E-state index in [0.29, 0.717) is 16.5 Å². The van der Waals surface area contributed by atoms with Gasteiger partial charge in [-0.2, -0.15) is 4.31 Å². The molecule has 0 fully saturated rings. The molecule has 0 unspecified atom stereocenters. The largest absolute Gasteiger partial charge is 0.395 e. The normalized spacial score (nSPS) is 13.9. The molecule has 0 aliphatic carbocycles. The van der Waals surface area contributed by atoms with Crippen LogP contribution in [0.5, 0.6) is 0 Å². The average Bonchev–Trinajstić information content (AvgIpc) is 2.65. The van der Waals surface area contributed by atoms with E-state index in [0.717, 1.165) is 5.56 Å². The predicted octanol–water partition coefficient (Wildman–Crippen LogP) is 5.02. The lowest BCUT2D eigenvalue weighted by Gasteiger charge is -2.30. The van der Waals surface area contributed by atoms with Gasteiger partial charge in [0.2, 0.25) is 10.0 Å². The standard InChI is InChI=1S/C21H25Cl2NO3S/c1-16(2)12-20(15-25)24(14-19(23)13-17-6-4-3-5-7-17)28(26,27)21-10-8-18(22)9-11-21/h3-11,13,16,20,25H,12,14-15H2,1-2H3/b19-13-/t20-/m1/s1. The Morgan fingerprint density at radius 3 is 2.25 bits per heavy atom. The minimum Gasteiger partial charge on any atom is -0.395 e. The fourth-order valence-electron chi connectivity index (χ4n) is 2.90. The van der Waals surface area contributed by atoms with E-state index in [2.05, 4.69) is 0 Å². The first-order chi connectivity index (χ1) is 13.2. The molecule has 1 atom stereocenters. The molecule has 2 aromatic rings. The van der Waals surface area contributed by atoms with Crippen LogP contribution in [0, 0.1) is 5.92 Å². The van der Waals surface area contributed by atoms with Crippen molar-refractivity contribution in [1.82, 2.24) is 4.31 Å². The highest BCUT2D eigenvalue weighted by Crippen LogP contribution is 2.25. The minimum atomic E-state index is -3.87. The lowest BCUT2D eigenvalue weighted by molar-refractivity contribution is 0.174. The van der Waals surface area contributed by atoms with Crippen molar-refractivity contribution in [1.29, 1.82) is 0 Å². The zero-order chi connectivity index (χ0) is 20.7. The maximum atomic E-state index is 13.3. The SMILES string of the molecule is CC(C)C[C@H](CO)N(C/C(Cl)=C/c1ccccc1)S(=O)(=O)c1ccc(Cl)cc1. The number of sulfonamides is 1. The molecule has 0 spiro atoms. The Bertz CT molecular complexity index is 882. The van der Waals surface area contributed by atoms with Gasteiger partial charge in [0.1, 0.15) is 0 Å². The van der Waals surface area contributed by atoms with Crippen LogP contribution in [-0.2, 0) is 10.0 Å². The molecule has 0 aromatic heterocycles. The van der Waals surface area contributed by atoms with Gasteiger partial charge in [0.05, 0.1) is 18.0 Å². The van der Waals surface area contributed by atoms with Crippen molar-refractivity contribution >= 4 is 39.3 Å². The molecule has 0 saturated heterocycles. The molecule has 1 N–H and O–H groups in total. The molecule has 0 radical (unpaired) electrons. The fourth-order valence-corrected chi connectivity index (χ4v) is 4.96. The quantitative estimate of drug-likeness (QED) is 0.594. The van der Waals surface area contributed by atoms with Crippen molar-refractivity contribution in [2.75, 3.05) is 13.2 Å². The first kappa shape index (κ1) is 22.9. The average molecular weight is 442 g/mol. The Morgan fingerprint density at radius 2 is 1.71 bits per heavy atom. The third-order valence-electron chi connectivity index (χ3n) is 4.21. The molecule has 2 rings (SSSR count). The van der Waals surface area contributed by atoms with Crippen molar-refractivity contribution in [3.8, 4) is 0 Å². The van der Waals surface area contributed by atoms with Crippen LogP contribution in [0.3, 0.4) is 0 Å². The smallest absolute Gasteiger partial charge is 0.243 e. The summed E-state index contributed by atoms with van der Waals surface area (Å²) in [5, 5.41) is 10.7. The van der Waals surface area contributed by atoms with Crippen LogP contribution in [0.4, 0.5) is 0 Å². The lowest BCUT2D eigenvalue weighted by Crippen LogP contribution is -2.43. The zero-order valence-corrected chi connectivity index (χ0v) is 18.3. The van der Waals surface area contributed by atoms with Gasteiger partial charge < -0.3 is 5.11 Å². The minimum absolute atomic E-state index is 0.0284. The molecule has 152 valence electrons. The second-order valence-corrected chi connectivity index (χ2v) is 9.78. The monoisotopic (exact) mass is 441 g/mol. The molecule has 0 aliphatic heterocycles. The lowest BCUT2D eigenvalue weighted by atomic mass is 10.0. The summed E-state index contributed by atoms with van der Waals surface area (Å²) >= 11 is 12.3. The van der Waals surface area contributed by atoms with Crippen molar-refractivity contribution in [2.24, 2.45) is 5.92 Å². The summed E-state index contributed by atoms with van der Waals surface area (Å²) in [6.07, 6.45) is 2.24. The molecule has 7 heteroatoms. The number of benzene rings is 2. The van der Waals surface area contributed by atoms with Gasteiger partial charge in [0, 0.05) is 16.1 Å². The first-order valence-electron chi connectivity index (χ1n) is 9.03. The van der Waals surface area contributed by atoms with Crippen LogP contribution in [0.2, 0.25) is 5.02 Å². The van der Waals surface area contributed by atoms with Crippen LogP contribution < -0.4 is 0 Å². The molecule has 28 heavy (non-hydrogen) atoms. The van der Waals surface area contributed by atoms with Gasteiger partial charge in [0.25, 0.3) is 0 Å². The van der Waals surface area contributed by atoms with Gasteiger partial charge in [-0.15, -0.1) is 0 Å². The van der Waals surface area contributed by atoms with E-state index in [9.17, 15) is 13.5 Å². The van der Waals surface area contributed by atoms with Crippen LogP contribution >= 0.6 is 23.2 Å². The summed E-state index contributed by atoms with van der Waals surface area (Å²) < 4.78 is 27.9. The number of hydrogen-bond acceptors (Lipinski definition) is 3. The Balaban J connectivity index is 2.41. The summed E-state index contributed by atoms with van der Waals surface area (Å²) in [6, 6.07) is 14.8. The predicted molar refractivity (Wildman–Crippen MR) is 116 cm³/mol. The van der Waals surface area contributed by atoms with E-state index in [4.69, 9.17) is 23.2 Å². The second-order valence-electron chi connectivity index (χ2n) is 6.97. The van der Waals surface area contributed by atoms with Gasteiger partial charge in [-0.25, -0.2) is 8.42 Å². The molecule has 0 bridgehead atoms. The molecule has 0 aliphatic rings. The molecule has 4 nitrogen and oxygen atoms in total. The Labute approximate surface area is 177 Å². The van der Waals surface area contributed by atoms with E-state index in [-0.39, 0.29) is 24.0 Å². The number of hydrogen-bond donors (Lipinski definition) is 1. The maximum absolute atomic E-state index is 13.3. The Morgan fingerprint density at radius 1 is 1.11 bits per heavy atom. The van der Waals surface area contributed by atoms with Gasteiger partial charge in [0.15, 0.2) is 0 Å². The van der Waals surface area contributed by atoms with Crippen molar-refractivity contribution in [2.45, 2.75) is 31.2 Å². The van der Waals surface area contributed by atoms with E-state index in [1.807, 2.05) is 44.2 Å². The summed E-state index contributed by atoms with van der Waals surface area (Å²) in [7, 11) is -3.87. The van der Waals surface area contributed by atoms with Crippen molar-refractivity contribution in [3.05, 3.63) is 70.2 Å². The van der Waals surface area contributed by atoms with E-state index in [1.54, 1.807) is 6.08 Å². The first-order valence-corrected chi connectivity index (χ1v) is 11.2. The number of rotatable bonds is 9. The summed E-state index contributed by atoms with van der Waals surface area (Å²) in [4.78, 5) is 0.114. The van der Waals surface area contributed by atoms with Crippen LogP contribution in [0.1, 0.15) is 25.8 Å². The van der Waals surface area contributed by atoms with Gasteiger partial charge >= 0.3 is 0 Å². The topological polar surface area (TPSA) is 57.6 Å². The Kier molecular flexibility index (Phi) is 8.53. The van der Waals surface area contributed by atoms with Gasteiger partial charge in [-0.1, -0.05) is 67.4 Å².